The number of hydrogen-bond donors (Lipinski definition) is 1. The third-order valence-electron chi connectivity index (χ3n) is 7.18. The number of nitrogens with one attached hydrogen (secondary N) is 1. The van der Waals surface area contributed by atoms with Crippen LogP contribution in [0.1, 0.15) is 68.4 Å². The number of nitrogens with zero attached hydrogens (tertiary/aromatic N) is 3. The number of furan rings is 1. The van der Waals surface area contributed by atoms with E-state index in [9.17, 15) is 9.59 Å². The highest BCUT2D eigenvalue weighted by atomic mass is 16.3. The lowest BCUT2D eigenvalue weighted by atomic mass is 9.92. The predicted molar refractivity (Wildman–Crippen MR) is 131 cm³/mol. The molecule has 0 unspecified atom stereocenters. The Morgan fingerprint density at radius 3 is 2.65 bits per heavy atom. The molecule has 1 aliphatic carbocycles. The van der Waals surface area contributed by atoms with Gasteiger partial charge in [-0.2, -0.15) is 5.10 Å². The summed E-state index contributed by atoms with van der Waals surface area (Å²) < 4.78 is 7.17. The maximum Gasteiger partial charge on any atom is 0.277 e. The van der Waals surface area contributed by atoms with Gasteiger partial charge < -0.3 is 9.73 Å². The summed E-state index contributed by atoms with van der Waals surface area (Å²) >= 11 is 0. The largest absolute Gasteiger partial charge is 0.463 e. The zero-order chi connectivity index (χ0) is 23.7. The van der Waals surface area contributed by atoms with E-state index in [1.54, 1.807) is 28.0 Å². The fourth-order valence-corrected chi connectivity index (χ4v) is 5.21. The molecule has 1 N–H and O–H groups in total. The molecule has 0 bridgehead atoms. The topological polar surface area (TPSA) is 80.4 Å². The van der Waals surface area contributed by atoms with Crippen LogP contribution in [-0.2, 0) is 17.8 Å². The zero-order valence-electron chi connectivity index (χ0n) is 19.9. The Balaban J connectivity index is 1.55. The summed E-state index contributed by atoms with van der Waals surface area (Å²) in [7, 11) is 0. The van der Waals surface area contributed by atoms with Gasteiger partial charge in [-0.3, -0.25) is 19.2 Å². The Labute approximate surface area is 200 Å². The number of benzene rings is 1. The van der Waals surface area contributed by atoms with Crippen molar-refractivity contribution in [3.8, 4) is 11.5 Å². The maximum absolute atomic E-state index is 13.9. The minimum absolute atomic E-state index is 0.129. The molecule has 0 spiro atoms. The molecule has 0 radical (unpaired) electrons. The van der Waals surface area contributed by atoms with E-state index in [0.717, 1.165) is 43.4 Å². The number of aromatic nitrogens is 2. The van der Waals surface area contributed by atoms with Gasteiger partial charge in [0.25, 0.3) is 5.91 Å². The van der Waals surface area contributed by atoms with Crippen molar-refractivity contribution in [1.29, 1.82) is 0 Å². The highest BCUT2D eigenvalue weighted by Gasteiger charge is 2.49. The molecule has 7 nitrogen and oxygen atoms in total. The SMILES string of the molecule is CCc1cccc(N2C(=O)c3cc(-c4ccco4)nn3C[C@]2(C)C(=O)NC2CCCCCC2)c1. The van der Waals surface area contributed by atoms with Gasteiger partial charge in [-0.05, 0) is 56.0 Å². The minimum atomic E-state index is -1.12. The summed E-state index contributed by atoms with van der Waals surface area (Å²) in [6, 6.07) is 13.4. The first-order valence-corrected chi connectivity index (χ1v) is 12.4. The van der Waals surface area contributed by atoms with Gasteiger partial charge in [0.2, 0.25) is 5.91 Å². The third kappa shape index (κ3) is 4.04. The molecule has 1 atom stereocenters. The van der Waals surface area contributed by atoms with Crippen LogP contribution < -0.4 is 10.2 Å². The van der Waals surface area contributed by atoms with Crippen LogP contribution in [0.15, 0.2) is 53.1 Å². The van der Waals surface area contributed by atoms with Crippen molar-refractivity contribution >= 4 is 17.5 Å². The lowest BCUT2D eigenvalue weighted by Gasteiger charge is -2.43. The highest BCUT2D eigenvalue weighted by Crippen LogP contribution is 2.35. The number of rotatable bonds is 5. The molecule has 1 aromatic carbocycles. The van der Waals surface area contributed by atoms with Crippen molar-refractivity contribution in [2.24, 2.45) is 0 Å². The summed E-state index contributed by atoms with van der Waals surface area (Å²) in [6.07, 6.45) is 9.07. The average molecular weight is 461 g/mol. The van der Waals surface area contributed by atoms with E-state index in [1.165, 1.54) is 12.8 Å². The highest BCUT2D eigenvalue weighted by molar-refractivity contribution is 6.12. The van der Waals surface area contributed by atoms with E-state index in [0.29, 0.717) is 17.1 Å². The Kier molecular flexibility index (Phi) is 6.02. The summed E-state index contributed by atoms with van der Waals surface area (Å²) in [5, 5.41) is 7.93. The molecule has 5 rings (SSSR count). The second kappa shape index (κ2) is 9.12. The summed E-state index contributed by atoms with van der Waals surface area (Å²) in [6.45, 7) is 4.20. The third-order valence-corrected chi connectivity index (χ3v) is 7.18. The number of amides is 2. The van der Waals surface area contributed by atoms with Crippen LogP contribution in [0.3, 0.4) is 0 Å². The molecule has 1 saturated carbocycles. The van der Waals surface area contributed by atoms with Crippen molar-refractivity contribution in [3.05, 3.63) is 60.0 Å². The van der Waals surface area contributed by atoms with Crippen LogP contribution >= 0.6 is 0 Å². The number of aryl methyl sites for hydroxylation is 1. The van der Waals surface area contributed by atoms with Gasteiger partial charge in [0.05, 0.1) is 12.8 Å². The molecule has 0 saturated heterocycles. The molecule has 3 aromatic rings. The van der Waals surface area contributed by atoms with Crippen molar-refractivity contribution in [1.82, 2.24) is 15.1 Å². The second-order valence-corrected chi connectivity index (χ2v) is 9.65. The fourth-order valence-electron chi connectivity index (χ4n) is 5.21. The van der Waals surface area contributed by atoms with E-state index >= 15 is 0 Å². The van der Waals surface area contributed by atoms with Crippen molar-refractivity contribution < 1.29 is 14.0 Å². The first-order valence-electron chi connectivity index (χ1n) is 12.4. The molecule has 34 heavy (non-hydrogen) atoms. The van der Waals surface area contributed by atoms with Gasteiger partial charge in [-0.15, -0.1) is 0 Å². The van der Waals surface area contributed by atoms with Gasteiger partial charge in [-0.1, -0.05) is 44.7 Å². The lowest BCUT2D eigenvalue weighted by molar-refractivity contribution is -0.127. The van der Waals surface area contributed by atoms with Gasteiger partial charge in [0, 0.05) is 17.8 Å². The number of carbonyl (C=O) groups excluding carboxylic acids is 2. The van der Waals surface area contributed by atoms with E-state index < -0.39 is 5.54 Å². The van der Waals surface area contributed by atoms with E-state index in [1.807, 2.05) is 37.3 Å². The Morgan fingerprint density at radius 2 is 1.94 bits per heavy atom. The molecule has 2 amide bonds. The van der Waals surface area contributed by atoms with Crippen LogP contribution in [-0.4, -0.2) is 33.2 Å². The second-order valence-electron chi connectivity index (χ2n) is 9.65. The number of carbonyl (C=O) groups is 2. The number of fused-ring (bicyclic) bond motifs is 1. The first kappa shape index (κ1) is 22.4. The Morgan fingerprint density at radius 1 is 1.15 bits per heavy atom. The van der Waals surface area contributed by atoms with Crippen molar-refractivity contribution in [2.45, 2.75) is 76.9 Å². The monoisotopic (exact) mass is 460 g/mol. The van der Waals surface area contributed by atoms with Crippen LogP contribution in [0.4, 0.5) is 5.69 Å². The van der Waals surface area contributed by atoms with Crippen molar-refractivity contribution in [2.75, 3.05) is 4.90 Å². The smallest absolute Gasteiger partial charge is 0.277 e. The molecule has 2 aliphatic rings. The Bertz CT molecular complexity index is 1170. The van der Waals surface area contributed by atoms with E-state index in [4.69, 9.17) is 4.42 Å². The summed E-state index contributed by atoms with van der Waals surface area (Å²) in [4.78, 5) is 29.5. The quantitative estimate of drug-likeness (QED) is 0.546. The molecule has 178 valence electrons. The first-order chi connectivity index (χ1) is 16.5. The van der Waals surface area contributed by atoms with Gasteiger partial charge in [0.15, 0.2) is 5.76 Å². The van der Waals surface area contributed by atoms with Crippen LogP contribution in [0.25, 0.3) is 11.5 Å². The molecule has 3 heterocycles. The Hall–Kier alpha value is -3.35. The van der Waals surface area contributed by atoms with Gasteiger partial charge in [-0.25, -0.2) is 0 Å². The van der Waals surface area contributed by atoms with Crippen molar-refractivity contribution in [3.63, 3.8) is 0 Å². The fraction of sp³-hybridized carbons (Fsp3) is 0.444. The average Bonchev–Trinajstić information content (AvgIpc) is 3.45. The zero-order valence-corrected chi connectivity index (χ0v) is 19.9. The molecule has 1 fully saturated rings. The molecular formula is C27H32N4O3. The molecule has 1 aliphatic heterocycles. The predicted octanol–water partition coefficient (Wildman–Crippen LogP) is 4.96. The van der Waals surface area contributed by atoms with Crippen LogP contribution in [0.5, 0.6) is 0 Å². The van der Waals surface area contributed by atoms with Crippen LogP contribution in [0.2, 0.25) is 0 Å². The van der Waals surface area contributed by atoms with Gasteiger partial charge in [0.1, 0.15) is 16.9 Å². The number of anilines is 1. The lowest BCUT2D eigenvalue weighted by Crippen LogP contribution is -2.65. The molecule has 2 aromatic heterocycles. The number of hydrogen-bond acceptors (Lipinski definition) is 4. The minimum Gasteiger partial charge on any atom is -0.463 e. The normalized spacial score (nSPS) is 21.2. The van der Waals surface area contributed by atoms with E-state index in [2.05, 4.69) is 17.3 Å². The van der Waals surface area contributed by atoms with E-state index in [-0.39, 0.29) is 24.4 Å². The van der Waals surface area contributed by atoms with Gasteiger partial charge >= 0.3 is 0 Å². The molecule has 7 heteroatoms. The summed E-state index contributed by atoms with van der Waals surface area (Å²) in [5.74, 6) is 0.234. The maximum atomic E-state index is 13.9. The standard InChI is InChI=1S/C27H32N4O3/c1-3-19-10-8-13-21(16-19)31-25(32)23-17-22(24-14-9-15-34-24)29-30(23)18-27(31,2)26(33)28-20-11-6-4-5-7-12-20/h8-10,13-17,20H,3-7,11-12,18H2,1-2H3,(H,28,33)/t27-/m1/s1. The summed E-state index contributed by atoms with van der Waals surface area (Å²) in [5.41, 5.74) is 1.77. The molecular weight excluding hydrogens is 428 g/mol. The van der Waals surface area contributed by atoms with Crippen LogP contribution in [0, 0.1) is 0 Å².